The Bertz CT molecular complexity index is 905. The number of nitrogens with one attached hydrogen (secondary N) is 3. The molecule has 3 aliphatic heterocycles. The SMILES string of the molecule is CN1Cc2cc(C(=O)N(CCC3CCNCC3)CCC3CCNCC3)ccc2NC(CC(=O)O)C1=O. The van der Waals surface area contributed by atoms with Crippen molar-refractivity contribution in [1.82, 2.24) is 20.4 Å². The highest BCUT2D eigenvalue weighted by molar-refractivity contribution is 5.96. The van der Waals surface area contributed by atoms with Crippen molar-refractivity contribution in [2.24, 2.45) is 11.8 Å². The molecule has 1 unspecified atom stereocenters. The molecule has 198 valence electrons. The van der Waals surface area contributed by atoms with Gasteiger partial charge in [-0.05, 0) is 100 Å². The summed E-state index contributed by atoms with van der Waals surface area (Å²) in [6, 6.07) is 4.69. The Morgan fingerprint density at radius 3 is 2.14 bits per heavy atom. The van der Waals surface area contributed by atoms with Crippen LogP contribution in [-0.2, 0) is 16.1 Å². The number of anilines is 1. The highest BCUT2D eigenvalue weighted by Gasteiger charge is 2.30. The van der Waals surface area contributed by atoms with E-state index in [1.807, 2.05) is 23.1 Å². The van der Waals surface area contributed by atoms with E-state index in [1.165, 1.54) is 30.6 Å². The molecule has 0 bridgehead atoms. The maximum Gasteiger partial charge on any atom is 0.305 e. The first-order valence-corrected chi connectivity index (χ1v) is 13.5. The first kappa shape index (κ1) is 26.4. The van der Waals surface area contributed by atoms with Crippen LogP contribution in [0.3, 0.4) is 0 Å². The van der Waals surface area contributed by atoms with Crippen molar-refractivity contribution in [3.8, 4) is 0 Å². The Kier molecular flexibility index (Phi) is 9.20. The van der Waals surface area contributed by atoms with E-state index in [0.717, 1.165) is 57.7 Å². The van der Waals surface area contributed by atoms with E-state index >= 15 is 0 Å². The lowest BCUT2D eigenvalue weighted by molar-refractivity contribution is -0.141. The van der Waals surface area contributed by atoms with Gasteiger partial charge in [0.05, 0.1) is 6.42 Å². The molecule has 9 nitrogen and oxygen atoms in total. The topological polar surface area (TPSA) is 114 Å². The molecular weight excluding hydrogens is 458 g/mol. The summed E-state index contributed by atoms with van der Waals surface area (Å²) in [5.41, 5.74) is 2.18. The lowest BCUT2D eigenvalue weighted by Crippen LogP contribution is -2.39. The highest BCUT2D eigenvalue weighted by Crippen LogP contribution is 2.26. The van der Waals surface area contributed by atoms with E-state index in [-0.39, 0.29) is 18.2 Å². The molecule has 9 heteroatoms. The first-order valence-electron chi connectivity index (χ1n) is 13.5. The summed E-state index contributed by atoms with van der Waals surface area (Å²) in [5, 5.41) is 19.1. The maximum absolute atomic E-state index is 13.7. The van der Waals surface area contributed by atoms with Crippen molar-refractivity contribution in [1.29, 1.82) is 0 Å². The van der Waals surface area contributed by atoms with E-state index in [1.54, 1.807) is 7.05 Å². The molecule has 2 amide bonds. The van der Waals surface area contributed by atoms with E-state index < -0.39 is 12.0 Å². The zero-order valence-electron chi connectivity index (χ0n) is 21.4. The largest absolute Gasteiger partial charge is 0.481 e. The normalized spacial score (nSPS) is 21.4. The fourth-order valence-electron chi connectivity index (χ4n) is 5.68. The number of piperidine rings is 2. The minimum absolute atomic E-state index is 0.0426. The zero-order valence-corrected chi connectivity index (χ0v) is 21.4. The van der Waals surface area contributed by atoms with Gasteiger partial charge in [0, 0.05) is 37.9 Å². The van der Waals surface area contributed by atoms with Crippen molar-refractivity contribution in [3.63, 3.8) is 0 Å². The third-order valence-electron chi connectivity index (χ3n) is 7.96. The van der Waals surface area contributed by atoms with Crippen molar-refractivity contribution < 1.29 is 19.5 Å². The molecular formula is C27H41N5O4. The molecule has 1 aromatic rings. The molecule has 4 N–H and O–H groups in total. The molecule has 0 radical (unpaired) electrons. The van der Waals surface area contributed by atoms with E-state index in [4.69, 9.17) is 0 Å². The van der Waals surface area contributed by atoms with Crippen LogP contribution in [0.15, 0.2) is 18.2 Å². The van der Waals surface area contributed by atoms with Crippen LogP contribution in [0.5, 0.6) is 0 Å². The lowest BCUT2D eigenvalue weighted by atomic mass is 9.93. The number of carboxylic acids is 1. The number of fused-ring (bicyclic) bond motifs is 1. The van der Waals surface area contributed by atoms with Crippen LogP contribution < -0.4 is 16.0 Å². The maximum atomic E-state index is 13.7. The average Bonchev–Trinajstić information content (AvgIpc) is 3.00. The number of carboxylic acid groups (broad SMARTS) is 1. The Morgan fingerprint density at radius 2 is 1.58 bits per heavy atom. The molecule has 1 atom stereocenters. The van der Waals surface area contributed by atoms with Crippen LogP contribution >= 0.6 is 0 Å². The average molecular weight is 500 g/mol. The minimum Gasteiger partial charge on any atom is -0.481 e. The summed E-state index contributed by atoms with van der Waals surface area (Å²) in [6.45, 7) is 6.09. The summed E-state index contributed by atoms with van der Waals surface area (Å²) in [5.74, 6) is 0.0701. The molecule has 0 aliphatic carbocycles. The van der Waals surface area contributed by atoms with Crippen molar-refractivity contribution in [2.45, 2.75) is 57.5 Å². The summed E-state index contributed by atoms with van der Waals surface area (Å²) in [6.07, 6.45) is 6.43. The van der Waals surface area contributed by atoms with E-state index in [9.17, 15) is 19.5 Å². The second-order valence-electron chi connectivity index (χ2n) is 10.6. The van der Waals surface area contributed by atoms with Crippen LogP contribution in [-0.4, -0.2) is 85.0 Å². The zero-order chi connectivity index (χ0) is 25.5. The van der Waals surface area contributed by atoms with Gasteiger partial charge in [-0.25, -0.2) is 0 Å². The second-order valence-corrected chi connectivity index (χ2v) is 10.6. The van der Waals surface area contributed by atoms with Crippen LogP contribution in [0.1, 0.15) is 60.9 Å². The molecule has 4 rings (SSSR count). The lowest BCUT2D eigenvalue weighted by Gasteiger charge is -2.30. The van der Waals surface area contributed by atoms with Gasteiger partial charge in [-0.2, -0.15) is 0 Å². The smallest absolute Gasteiger partial charge is 0.305 e. The Labute approximate surface area is 214 Å². The molecule has 2 saturated heterocycles. The standard InChI is InChI=1S/C27H41N5O4/c1-31-18-22-16-21(2-3-23(22)30-24(27(31)36)17-25(33)34)26(35)32(14-8-19-4-10-28-11-5-19)15-9-20-6-12-29-13-7-20/h2-3,16,19-20,24,28-30H,4-15,17-18H2,1H3,(H,33,34). The molecule has 0 spiro atoms. The van der Waals surface area contributed by atoms with Crippen molar-refractivity contribution in [3.05, 3.63) is 29.3 Å². The predicted octanol–water partition coefficient (Wildman–Crippen LogP) is 2.14. The summed E-state index contributed by atoms with van der Waals surface area (Å²) in [4.78, 5) is 41.2. The van der Waals surface area contributed by atoms with Crippen molar-refractivity contribution in [2.75, 3.05) is 51.6 Å². The molecule has 2 fully saturated rings. The molecule has 0 saturated carbocycles. The van der Waals surface area contributed by atoms with Gasteiger partial charge in [-0.1, -0.05) is 0 Å². The number of amides is 2. The molecule has 1 aromatic carbocycles. The van der Waals surface area contributed by atoms with Gasteiger partial charge in [0.1, 0.15) is 6.04 Å². The van der Waals surface area contributed by atoms with E-state index in [2.05, 4.69) is 16.0 Å². The fourth-order valence-corrected chi connectivity index (χ4v) is 5.68. The number of carbonyl (C=O) groups excluding carboxylic acids is 2. The van der Waals surface area contributed by atoms with E-state index in [0.29, 0.717) is 29.6 Å². The molecule has 3 aliphatic rings. The number of hydrogen-bond donors (Lipinski definition) is 4. The van der Waals surface area contributed by atoms with Gasteiger partial charge in [-0.15, -0.1) is 0 Å². The molecule has 36 heavy (non-hydrogen) atoms. The van der Waals surface area contributed by atoms with Crippen LogP contribution in [0.4, 0.5) is 5.69 Å². The second kappa shape index (κ2) is 12.5. The molecule has 3 heterocycles. The first-order chi connectivity index (χ1) is 17.4. The number of rotatable bonds is 9. The number of carbonyl (C=O) groups is 3. The Hall–Kier alpha value is -2.65. The predicted molar refractivity (Wildman–Crippen MR) is 139 cm³/mol. The number of hydrogen-bond acceptors (Lipinski definition) is 6. The quantitative estimate of drug-likeness (QED) is 0.412. The number of nitrogens with zero attached hydrogens (tertiary/aromatic N) is 2. The van der Waals surface area contributed by atoms with Gasteiger partial charge in [0.2, 0.25) is 5.91 Å². The third-order valence-corrected chi connectivity index (χ3v) is 7.96. The van der Waals surface area contributed by atoms with Gasteiger partial charge >= 0.3 is 5.97 Å². The van der Waals surface area contributed by atoms with Gasteiger partial charge < -0.3 is 30.9 Å². The number of benzene rings is 1. The Balaban J connectivity index is 1.48. The van der Waals surface area contributed by atoms with Gasteiger partial charge in [-0.3, -0.25) is 14.4 Å². The highest BCUT2D eigenvalue weighted by atomic mass is 16.4. The summed E-state index contributed by atoms with van der Waals surface area (Å²) >= 11 is 0. The number of aliphatic carboxylic acids is 1. The summed E-state index contributed by atoms with van der Waals surface area (Å²) < 4.78 is 0. The van der Waals surface area contributed by atoms with Gasteiger partial charge in [0.15, 0.2) is 0 Å². The summed E-state index contributed by atoms with van der Waals surface area (Å²) in [7, 11) is 1.67. The fraction of sp³-hybridized carbons (Fsp3) is 0.667. The third kappa shape index (κ3) is 6.97. The Morgan fingerprint density at radius 1 is 1.00 bits per heavy atom. The monoisotopic (exact) mass is 499 g/mol. The molecule has 0 aromatic heterocycles. The van der Waals surface area contributed by atoms with Crippen molar-refractivity contribution >= 4 is 23.5 Å². The van der Waals surface area contributed by atoms with Crippen LogP contribution in [0, 0.1) is 11.8 Å². The van der Waals surface area contributed by atoms with Crippen LogP contribution in [0.25, 0.3) is 0 Å². The minimum atomic E-state index is -1.03. The number of likely N-dealkylation sites (N-methyl/N-ethyl adjacent to an activating group) is 1. The van der Waals surface area contributed by atoms with Gasteiger partial charge in [0.25, 0.3) is 5.91 Å². The van der Waals surface area contributed by atoms with Crippen LogP contribution in [0.2, 0.25) is 0 Å².